The fourth-order valence-corrected chi connectivity index (χ4v) is 3.94. The van der Waals surface area contributed by atoms with Crippen LogP contribution in [0.25, 0.3) is 0 Å². The van der Waals surface area contributed by atoms with Gasteiger partial charge < -0.3 is 0 Å². The summed E-state index contributed by atoms with van der Waals surface area (Å²) in [5.74, 6) is 2.23. The van der Waals surface area contributed by atoms with E-state index in [1.807, 2.05) is 0 Å². The Hall–Kier alpha value is 0.412. The molecule has 0 amide bonds. The summed E-state index contributed by atoms with van der Waals surface area (Å²) in [5.41, 5.74) is 2.45. The van der Waals surface area contributed by atoms with Crippen molar-refractivity contribution in [1.29, 1.82) is 0 Å². The molecule has 0 aromatic heterocycles. The zero-order valence-corrected chi connectivity index (χ0v) is 9.03. The molecule has 0 rings (SSSR count). The van der Waals surface area contributed by atoms with Crippen LogP contribution in [0.5, 0.6) is 0 Å². The van der Waals surface area contributed by atoms with E-state index in [0.717, 1.165) is 16.4 Å². The molecule has 11 heavy (non-hydrogen) atoms. The van der Waals surface area contributed by atoms with Crippen molar-refractivity contribution in [2.75, 3.05) is 37.7 Å². The Morgan fingerprint density at radius 2 is 1.09 bits per heavy atom. The van der Waals surface area contributed by atoms with Crippen LogP contribution in [0, 0.1) is 0 Å². The van der Waals surface area contributed by atoms with Gasteiger partial charge in [-0.15, -0.1) is 0 Å². The van der Waals surface area contributed by atoms with Crippen molar-refractivity contribution in [2.24, 2.45) is 0 Å². The molecule has 0 N–H and O–H groups in total. The molecule has 0 atom stereocenters. The predicted octanol–water partition coefficient (Wildman–Crippen LogP) is 1.00. The third-order valence-electron chi connectivity index (χ3n) is 1.21. The topological polar surface area (TPSA) is 27.7 Å². The van der Waals surface area contributed by atoms with Gasteiger partial charge in [-0.25, -0.2) is 0 Å². The zero-order chi connectivity index (χ0) is 8.74. The first kappa shape index (κ1) is 11.4. The van der Waals surface area contributed by atoms with Gasteiger partial charge >= 0.3 is 70.8 Å². The van der Waals surface area contributed by atoms with Crippen molar-refractivity contribution in [1.82, 2.24) is 0 Å². The normalized spacial score (nSPS) is 13.5. The Morgan fingerprint density at radius 3 is 1.27 bits per heavy atom. The van der Waals surface area contributed by atoms with E-state index in [2.05, 4.69) is 5.79 Å². The molecular weight excluding hydrogens is 184 g/mol. The van der Waals surface area contributed by atoms with Crippen LogP contribution in [0.2, 0.25) is 5.79 Å². The van der Waals surface area contributed by atoms with Gasteiger partial charge in [0.15, 0.2) is 0 Å². The number of hydrogen-bond donors (Lipinski definition) is 0. The van der Waals surface area contributed by atoms with Crippen molar-refractivity contribution in [3.8, 4) is 0 Å². The van der Waals surface area contributed by atoms with E-state index in [-0.39, 0.29) is 0 Å². The van der Waals surface area contributed by atoms with Gasteiger partial charge in [0, 0.05) is 0 Å². The Bertz CT molecular complexity index is 80.7. The van der Waals surface area contributed by atoms with E-state index in [1.54, 1.807) is 21.3 Å². The Balaban J connectivity index is 3.79. The second kappa shape index (κ2) is 5.99. The van der Waals surface area contributed by atoms with Crippen LogP contribution in [0.1, 0.15) is 0 Å². The van der Waals surface area contributed by atoms with Crippen LogP contribution in [-0.2, 0) is 27.3 Å². The van der Waals surface area contributed by atoms with Crippen LogP contribution in [0.3, 0.4) is 0 Å². The second-order valence-electron chi connectivity index (χ2n) is 2.70. The van der Waals surface area contributed by atoms with E-state index in [9.17, 15) is 0 Å². The minimum absolute atomic E-state index is 0.818. The van der Waals surface area contributed by atoms with Crippen LogP contribution in [-0.4, -0.2) is 37.7 Å². The third-order valence-corrected chi connectivity index (χ3v) is 4.98. The van der Waals surface area contributed by atoms with E-state index < -0.39 is 13.1 Å². The van der Waals surface area contributed by atoms with Gasteiger partial charge in [0.2, 0.25) is 0 Å². The monoisotopic (exact) mass is 202 g/mol. The molecular formula is C7H18CrO3. The number of methoxy groups -OCH3 is 3. The van der Waals surface area contributed by atoms with E-state index >= 15 is 0 Å². The molecule has 70 valence electrons. The molecule has 0 aliphatic heterocycles. The summed E-state index contributed by atoms with van der Waals surface area (Å²) in [6.07, 6.45) is 0. The second-order valence-corrected chi connectivity index (χ2v) is 8.42. The van der Waals surface area contributed by atoms with E-state index in [4.69, 9.17) is 14.2 Å². The molecule has 0 saturated carbocycles. The van der Waals surface area contributed by atoms with E-state index in [0.29, 0.717) is 0 Å². The summed E-state index contributed by atoms with van der Waals surface area (Å²) in [6, 6.07) is 0. The van der Waals surface area contributed by atoms with Crippen molar-refractivity contribution >= 4 is 0 Å². The van der Waals surface area contributed by atoms with Crippen LogP contribution in [0.4, 0.5) is 0 Å². The van der Waals surface area contributed by atoms with Crippen molar-refractivity contribution in [3.05, 3.63) is 0 Å². The Morgan fingerprint density at radius 1 is 0.818 bits per heavy atom. The Kier molecular flexibility index (Phi) is 6.21. The maximum absolute atomic E-state index is 5.12. The summed E-state index contributed by atoms with van der Waals surface area (Å²) < 4.78 is 15.4. The van der Waals surface area contributed by atoms with Gasteiger partial charge in [0.05, 0.1) is 0 Å². The van der Waals surface area contributed by atoms with Crippen LogP contribution < -0.4 is 0 Å². The van der Waals surface area contributed by atoms with Gasteiger partial charge in [-0.2, -0.15) is 0 Å². The standard InChI is InChI=1S/3C2H5O.CH3.Cr/c3*1-3-2;;/h3*1H2,2H3;1H3;. The summed E-state index contributed by atoms with van der Waals surface area (Å²) >= 11 is -1.59. The molecule has 0 aliphatic carbocycles. The molecule has 0 aliphatic rings. The first-order valence-electron chi connectivity index (χ1n) is 3.37. The molecule has 0 radical (unpaired) electrons. The summed E-state index contributed by atoms with van der Waals surface area (Å²) in [7, 11) is 5.17. The van der Waals surface area contributed by atoms with Gasteiger partial charge in [-0.1, -0.05) is 0 Å². The summed E-state index contributed by atoms with van der Waals surface area (Å²) in [6.45, 7) is 0. The quantitative estimate of drug-likeness (QED) is 0.643. The molecule has 0 aromatic rings. The molecule has 3 nitrogen and oxygen atoms in total. The molecule has 0 saturated heterocycles. The fraction of sp³-hybridized carbons (Fsp3) is 1.00. The molecule has 0 bridgehead atoms. The summed E-state index contributed by atoms with van der Waals surface area (Å²) in [5, 5.41) is 0. The van der Waals surface area contributed by atoms with Gasteiger partial charge in [-0.05, 0) is 0 Å². The molecule has 4 heteroatoms. The van der Waals surface area contributed by atoms with Gasteiger partial charge in [0.1, 0.15) is 0 Å². The Labute approximate surface area is 71.3 Å². The van der Waals surface area contributed by atoms with Crippen molar-refractivity contribution in [2.45, 2.75) is 5.79 Å². The molecule has 0 aromatic carbocycles. The predicted molar refractivity (Wildman–Crippen MR) is 41.5 cm³/mol. The van der Waals surface area contributed by atoms with Gasteiger partial charge in [-0.3, -0.25) is 0 Å². The first-order valence-corrected chi connectivity index (χ1v) is 7.34. The molecule has 0 fully saturated rings. The SMILES string of the molecule is CO[CH2][Cr]([CH3])([CH2]OC)[CH2]OC. The van der Waals surface area contributed by atoms with Crippen molar-refractivity contribution < 1.29 is 27.3 Å². The van der Waals surface area contributed by atoms with Crippen LogP contribution >= 0.6 is 0 Å². The third kappa shape index (κ3) is 4.78. The van der Waals surface area contributed by atoms with Crippen LogP contribution in [0.15, 0.2) is 0 Å². The first-order chi connectivity index (χ1) is 5.18. The van der Waals surface area contributed by atoms with Crippen molar-refractivity contribution in [3.63, 3.8) is 0 Å². The molecule has 0 spiro atoms. The number of hydrogen-bond acceptors (Lipinski definition) is 3. The number of ether oxygens (including phenoxy) is 3. The molecule has 0 unspecified atom stereocenters. The average molecular weight is 202 g/mol. The average Bonchev–Trinajstić information content (AvgIpc) is 1.88. The van der Waals surface area contributed by atoms with E-state index in [1.165, 1.54) is 0 Å². The number of rotatable bonds is 6. The maximum atomic E-state index is 5.12. The zero-order valence-electron chi connectivity index (χ0n) is 7.75. The fourth-order valence-electron chi connectivity index (χ4n) is 0.956. The molecule has 0 heterocycles. The van der Waals surface area contributed by atoms with Gasteiger partial charge in [0.25, 0.3) is 0 Å². The minimum atomic E-state index is -1.59. The summed E-state index contributed by atoms with van der Waals surface area (Å²) in [4.78, 5) is 0.